The van der Waals surface area contributed by atoms with Crippen molar-refractivity contribution in [2.75, 3.05) is 6.54 Å². The third-order valence-corrected chi connectivity index (χ3v) is 3.23. The predicted octanol–water partition coefficient (Wildman–Crippen LogP) is 3.19. The molecular weight excluding hydrogens is 146 g/mol. The number of nitrogens with zero attached hydrogens (tertiary/aromatic N) is 1. The van der Waals surface area contributed by atoms with Gasteiger partial charge in [-0.3, -0.25) is 4.99 Å². The number of fused-ring (bicyclic) bond motifs is 1. The maximum Gasteiger partial charge on any atom is 0.0388 e. The van der Waals surface area contributed by atoms with E-state index < -0.39 is 0 Å². The molecule has 1 nitrogen and oxygen atoms in total. The molecule has 12 heavy (non-hydrogen) atoms. The molecular formula is C11H19N. The van der Waals surface area contributed by atoms with Crippen LogP contribution in [0, 0.1) is 5.92 Å². The van der Waals surface area contributed by atoms with Crippen LogP contribution in [0.2, 0.25) is 0 Å². The molecule has 2 aliphatic rings. The lowest BCUT2D eigenvalue weighted by Crippen LogP contribution is -2.11. The van der Waals surface area contributed by atoms with E-state index in [0.717, 1.165) is 12.5 Å². The van der Waals surface area contributed by atoms with Gasteiger partial charge in [-0.2, -0.15) is 0 Å². The van der Waals surface area contributed by atoms with E-state index in [2.05, 4.69) is 0 Å². The Balaban J connectivity index is 2.06. The highest BCUT2D eigenvalue weighted by Crippen LogP contribution is 2.27. The van der Waals surface area contributed by atoms with E-state index in [9.17, 15) is 0 Å². The van der Waals surface area contributed by atoms with Gasteiger partial charge in [0.2, 0.25) is 0 Å². The van der Waals surface area contributed by atoms with Gasteiger partial charge in [-0.1, -0.05) is 19.3 Å². The summed E-state index contributed by atoms with van der Waals surface area (Å²) in [5.74, 6) is 0.884. The van der Waals surface area contributed by atoms with Crippen molar-refractivity contribution in [2.24, 2.45) is 10.9 Å². The second kappa shape index (κ2) is 4.06. The van der Waals surface area contributed by atoms with Crippen LogP contribution in [0.25, 0.3) is 0 Å². The zero-order valence-electron chi connectivity index (χ0n) is 7.89. The number of aliphatic imine (C=N–C) groups is 1. The molecule has 68 valence electrons. The van der Waals surface area contributed by atoms with Gasteiger partial charge in [-0.05, 0) is 38.0 Å². The quantitative estimate of drug-likeness (QED) is 0.522. The fourth-order valence-electron chi connectivity index (χ4n) is 2.49. The fourth-order valence-corrected chi connectivity index (χ4v) is 2.49. The summed E-state index contributed by atoms with van der Waals surface area (Å²) in [7, 11) is 0. The van der Waals surface area contributed by atoms with Crippen LogP contribution in [-0.2, 0) is 0 Å². The highest BCUT2D eigenvalue weighted by atomic mass is 14.7. The van der Waals surface area contributed by atoms with Gasteiger partial charge in [0, 0.05) is 12.3 Å². The maximum atomic E-state index is 4.72. The first-order valence-electron chi connectivity index (χ1n) is 5.50. The first-order valence-corrected chi connectivity index (χ1v) is 5.50. The maximum absolute atomic E-state index is 4.72. The van der Waals surface area contributed by atoms with E-state index in [1.54, 1.807) is 5.71 Å². The molecule has 1 unspecified atom stereocenters. The number of hydrogen-bond donors (Lipinski definition) is 0. The van der Waals surface area contributed by atoms with Crippen molar-refractivity contribution in [2.45, 2.75) is 51.4 Å². The summed E-state index contributed by atoms with van der Waals surface area (Å²) in [6, 6.07) is 0. The molecule has 0 saturated heterocycles. The van der Waals surface area contributed by atoms with Crippen molar-refractivity contribution in [3.05, 3.63) is 0 Å². The topological polar surface area (TPSA) is 12.4 Å². The lowest BCUT2D eigenvalue weighted by molar-refractivity contribution is 0.536. The van der Waals surface area contributed by atoms with Gasteiger partial charge in [0.15, 0.2) is 0 Å². The van der Waals surface area contributed by atoms with Crippen LogP contribution in [0.4, 0.5) is 0 Å². The van der Waals surface area contributed by atoms with Crippen LogP contribution in [0.5, 0.6) is 0 Å². The molecule has 1 aliphatic carbocycles. The van der Waals surface area contributed by atoms with Gasteiger partial charge < -0.3 is 0 Å². The number of rotatable bonds is 0. The molecule has 2 rings (SSSR count). The Morgan fingerprint density at radius 1 is 0.917 bits per heavy atom. The van der Waals surface area contributed by atoms with Gasteiger partial charge in [0.25, 0.3) is 0 Å². The molecule has 1 saturated carbocycles. The largest absolute Gasteiger partial charge is 0.294 e. The molecule has 1 atom stereocenters. The van der Waals surface area contributed by atoms with Crippen LogP contribution in [0.15, 0.2) is 4.99 Å². The SMILES string of the molecule is C1CCC2=NCCCCC2CC1. The first kappa shape index (κ1) is 8.28. The van der Waals surface area contributed by atoms with Crippen LogP contribution in [0.3, 0.4) is 0 Å². The normalized spacial score (nSPS) is 31.3. The van der Waals surface area contributed by atoms with Gasteiger partial charge in [-0.15, -0.1) is 0 Å². The van der Waals surface area contributed by atoms with Gasteiger partial charge in [-0.25, -0.2) is 0 Å². The number of hydrogen-bond acceptors (Lipinski definition) is 1. The Kier molecular flexibility index (Phi) is 2.80. The molecule has 1 aliphatic heterocycles. The zero-order valence-corrected chi connectivity index (χ0v) is 7.89. The molecule has 0 spiro atoms. The lowest BCUT2D eigenvalue weighted by Gasteiger charge is -2.13. The van der Waals surface area contributed by atoms with Crippen molar-refractivity contribution in [1.29, 1.82) is 0 Å². The van der Waals surface area contributed by atoms with E-state index in [-0.39, 0.29) is 0 Å². The molecule has 0 N–H and O–H groups in total. The Morgan fingerprint density at radius 2 is 1.75 bits per heavy atom. The molecule has 0 aromatic carbocycles. The summed E-state index contributed by atoms with van der Waals surface area (Å²) in [6.45, 7) is 1.12. The average molecular weight is 165 g/mol. The molecule has 1 heterocycles. The molecule has 0 radical (unpaired) electrons. The van der Waals surface area contributed by atoms with Crippen molar-refractivity contribution in [3.63, 3.8) is 0 Å². The molecule has 0 amide bonds. The third kappa shape index (κ3) is 1.88. The van der Waals surface area contributed by atoms with Crippen LogP contribution in [-0.4, -0.2) is 12.3 Å². The zero-order chi connectivity index (χ0) is 8.23. The van der Waals surface area contributed by atoms with Crippen LogP contribution < -0.4 is 0 Å². The molecule has 0 bridgehead atoms. The van der Waals surface area contributed by atoms with Crippen LogP contribution in [0.1, 0.15) is 51.4 Å². The second-order valence-corrected chi connectivity index (χ2v) is 4.17. The van der Waals surface area contributed by atoms with Crippen molar-refractivity contribution >= 4 is 5.71 Å². The van der Waals surface area contributed by atoms with Crippen LogP contribution >= 0.6 is 0 Å². The average Bonchev–Trinajstić information content (AvgIpc) is 2.38. The van der Waals surface area contributed by atoms with Crippen molar-refractivity contribution < 1.29 is 0 Å². The minimum absolute atomic E-state index is 0.884. The highest BCUT2D eigenvalue weighted by molar-refractivity contribution is 5.87. The van der Waals surface area contributed by atoms with E-state index in [1.165, 1.54) is 51.4 Å². The summed E-state index contributed by atoms with van der Waals surface area (Å²) >= 11 is 0. The lowest BCUT2D eigenvalue weighted by atomic mass is 9.93. The summed E-state index contributed by atoms with van der Waals surface area (Å²) < 4.78 is 0. The fraction of sp³-hybridized carbons (Fsp3) is 0.909. The highest BCUT2D eigenvalue weighted by Gasteiger charge is 2.19. The van der Waals surface area contributed by atoms with Gasteiger partial charge in [0.1, 0.15) is 0 Å². The summed E-state index contributed by atoms with van der Waals surface area (Å²) in [5, 5.41) is 0. The van der Waals surface area contributed by atoms with E-state index >= 15 is 0 Å². The van der Waals surface area contributed by atoms with Crippen molar-refractivity contribution in [3.8, 4) is 0 Å². The smallest absolute Gasteiger partial charge is 0.0388 e. The summed E-state index contributed by atoms with van der Waals surface area (Å²) in [6.07, 6.45) is 11.2. The first-order chi connectivity index (χ1) is 5.97. The minimum Gasteiger partial charge on any atom is -0.294 e. The Hall–Kier alpha value is -0.330. The third-order valence-electron chi connectivity index (χ3n) is 3.23. The second-order valence-electron chi connectivity index (χ2n) is 4.17. The predicted molar refractivity (Wildman–Crippen MR) is 52.7 cm³/mol. The molecule has 1 heteroatoms. The van der Waals surface area contributed by atoms with Gasteiger partial charge in [0.05, 0.1) is 0 Å². The summed E-state index contributed by atoms with van der Waals surface area (Å²) in [4.78, 5) is 4.72. The standard InChI is InChI=1S/C11H19N/c1-2-6-10-7-4-5-9-12-11(10)8-3-1/h10H,1-9H2. The minimum atomic E-state index is 0.884. The van der Waals surface area contributed by atoms with E-state index in [0.29, 0.717) is 0 Å². The Labute approximate surface area is 75.3 Å². The Bertz CT molecular complexity index is 172. The molecule has 1 fully saturated rings. The molecule has 0 aromatic heterocycles. The van der Waals surface area contributed by atoms with E-state index in [1.807, 2.05) is 0 Å². The Morgan fingerprint density at radius 3 is 2.67 bits per heavy atom. The van der Waals surface area contributed by atoms with Gasteiger partial charge >= 0.3 is 0 Å². The van der Waals surface area contributed by atoms with E-state index in [4.69, 9.17) is 4.99 Å². The summed E-state index contributed by atoms with van der Waals surface area (Å²) in [5.41, 5.74) is 1.57. The monoisotopic (exact) mass is 165 g/mol. The van der Waals surface area contributed by atoms with Crippen molar-refractivity contribution in [1.82, 2.24) is 0 Å². The molecule has 0 aromatic rings.